The molecule has 0 aliphatic heterocycles. The second-order valence-electron chi connectivity index (χ2n) is 3.74. The first kappa shape index (κ1) is 16.4. The van der Waals surface area contributed by atoms with Crippen LogP contribution >= 0.6 is 0 Å². The summed E-state index contributed by atoms with van der Waals surface area (Å²) >= 11 is 0. The van der Waals surface area contributed by atoms with Crippen LogP contribution in [0, 0.1) is 13.8 Å². The van der Waals surface area contributed by atoms with E-state index < -0.39 is 0 Å². The normalized spacial score (nSPS) is 8.56. The fourth-order valence-electron chi connectivity index (χ4n) is 1.65. The summed E-state index contributed by atoms with van der Waals surface area (Å²) in [5, 5.41) is 0. The minimum absolute atomic E-state index is 1.30. The monoisotopic (exact) mass is 242 g/mol. The second kappa shape index (κ2) is 9.47. The van der Waals surface area contributed by atoms with Gasteiger partial charge in [0.05, 0.1) is 0 Å². The van der Waals surface area contributed by atoms with E-state index in [2.05, 4.69) is 62.4 Å². The van der Waals surface area contributed by atoms with Crippen LogP contribution in [0.4, 0.5) is 0 Å². The van der Waals surface area contributed by atoms with Gasteiger partial charge in [0.1, 0.15) is 0 Å². The van der Waals surface area contributed by atoms with Crippen molar-refractivity contribution < 1.29 is 0 Å². The highest BCUT2D eigenvalue weighted by atomic mass is 14.0. The molecule has 2 rings (SSSR count). The molecule has 0 N–H and O–H groups in total. The lowest BCUT2D eigenvalue weighted by molar-refractivity contribution is 1.44. The van der Waals surface area contributed by atoms with E-state index in [1.54, 1.807) is 0 Å². The summed E-state index contributed by atoms with van der Waals surface area (Å²) in [5.74, 6) is 0. The van der Waals surface area contributed by atoms with Crippen LogP contribution in [0.5, 0.6) is 0 Å². The largest absolute Gasteiger partial charge is 0.0683 e. The molecule has 18 heavy (non-hydrogen) atoms. The lowest BCUT2D eigenvalue weighted by Crippen LogP contribution is -1.80. The second-order valence-corrected chi connectivity index (χ2v) is 3.74. The number of benzene rings is 2. The van der Waals surface area contributed by atoms with Crippen LogP contribution in [0.2, 0.25) is 0 Å². The fourth-order valence-corrected chi connectivity index (χ4v) is 1.65. The van der Waals surface area contributed by atoms with Crippen molar-refractivity contribution in [1.82, 2.24) is 0 Å². The molecule has 2 aromatic carbocycles. The molecule has 0 saturated heterocycles. The van der Waals surface area contributed by atoms with Crippen molar-refractivity contribution in [3.8, 4) is 11.1 Å². The molecule has 0 bridgehead atoms. The fraction of sp³-hybridized carbons (Fsp3) is 0.333. The maximum atomic E-state index is 2.22. The zero-order valence-electron chi connectivity index (χ0n) is 12.6. The Kier molecular flexibility index (Phi) is 8.65. The molecule has 0 heterocycles. The van der Waals surface area contributed by atoms with Crippen molar-refractivity contribution in [2.75, 3.05) is 0 Å². The van der Waals surface area contributed by atoms with Gasteiger partial charge in [-0.2, -0.15) is 0 Å². The molecular weight excluding hydrogens is 216 g/mol. The van der Waals surface area contributed by atoms with E-state index in [1.807, 2.05) is 27.7 Å². The summed E-state index contributed by atoms with van der Waals surface area (Å²) in [7, 11) is 0. The third kappa shape index (κ3) is 5.18. The van der Waals surface area contributed by atoms with Crippen LogP contribution in [0.3, 0.4) is 0 Å². The van der Waals surface area contributed by atoms with Crippen LogP contribution in [-0.4, -0.2) is 0 Å². The Balaban J connectivity index is 0.000000659. The Labute approximate surface area is 113 Å². The van der Waals surface area contributed by atoms with Crippen molar-refractivity contribution in [3.05, 3.63) is 59.7 Å². The van der Waals surface area contributed by atoms with Gasteiger partial charge in [0.2, 0.25) is 0 Å². The average Bonchev–Trinajstić information content (AvgIpc) is 2.43. The topological polar surface area (TPSA) is 0 Å². The summed E-state index contributed by atoms with van der Waals surface area (Å²) in [5.41, 5.74) is 5.22. The van der Waals surface area contributed by atoms with Crippen LogP contribution in [-0.2, 0) is 0 Å². The van der Waals surface area contributed by atoms with Crippen molar-refractivity contribution in [2.24, 2.45) is 0 Å². The molecule has 0 aliphatic carbocycles. The van der Waals surface area contributed by atoms with Crippen molar-refractivity contribution in [2.45, 2.75) is 41.5 Å². The van der Waals surface area contributed by atoms with Gasteiger partial charge in [0.25, 0.3) is 0 Å². The minimum atomic E-state index is 1.30. The number of aryl methyl sites for hydroxylation is 2. The Bertz CT molecular complexity index is 398. The summed E-state index contributed by atoms with van der Waals surface area (Å²) in [4.78, 5) is 0. The van der Waals surface area contributed by atoms with Crippen LogP contribution in [0.15, 0.2) is 48.5 Å². The van der Waals surface area contributed by atoms with E-state index in [0.29, 0.717) is 0 Å². The third-order valence-electron chi connectivity index (χ3n) is 2.37. The molecule has 0 spiro atoms. The number of rotatable bonds is 1. The minimum Gasteiger partial charge on any atom is -0.0683 e. The molecule has 0 unspecified atom stereocenters. The highest BCUT2D eigenvalue weighted by Crippen LogP contribution is 2.20. The number of hydrogen-bond donors (Lipinski definition) is 0. The zero-order chi connectivity index (χ0) is 14.0. The molecule has 0 atom stereocenters. The molecule has 0 saturated carbocycles. The maximum absolute atomic E-state index is 2.22. The molecular formula is C18H26. The van der Waals surface area contributed by atoms with Gasteiger partial charge in [-0.15, -0.1) is 0 Å². The van der Waals surface area contributed by atoms with Gasteiger partial charge in [-0.3, -0.25) is 0 Å². The molecule has 0 nitrogen and oxygen atoms in total. The van der Waals surface area contributed by atoms with Crippen LogP contribution in [0.25, 0.3) is 11.1 Å². The molecule has 0 aromatic heterocycles. The third-order valence-corrected chi connectivity index (χ3v) is 2.37. The highest BCUT2D eigenvalue weighted by Gasteiger charge is 1.96. The van der Waals surface area contributed by atoms with Gasteiger partial charge in [-0.25, -0.2) is 0 Å². The summed E-state index contributed by atoms with van der Waals surface area (Å²) in [6.45, 7) is 12.2. The first-order valence-electron chi connectivity index (χ1n) is 6.89. The Hall–Kier alpha value is -1.56. The molecule has 2 aromatic rings. The van der Waals surface area contributed by atoms with Crippen molar-refractivity contribution in [3.63, 3.8) is 0 Å². The van der Waals surface area contributed by atoms with Crippen molar-refractivity contribution >= 4 is 0 Å². The predicted octanol–water partition coefficient (Wildman–Crippen LogP) is 6.02. The Morgan fingerprint density at radius 1 is 0.556 bits per heavy atom. The molecule has 0 fully saturated rings. The van der Waals surface area contributed by atoms with Crippen molar-refractivity contribution in [1.29, 1.82) is 0 Å². The molecule has 98 valence electrons. The van der Waals surface area contributed by atoms with E-state index in [4.69, 9.17) is 0 Å². The van der Waals surface area contributed by atoms with Gasteiger partial charge >= 0.3 is 0 Å². The zero-order valence-corrected chi connectivity index (χ0v) is 12.6. The van der Waals surface area contributed by atoms with Crippen LogP contribution in [0.1, 0.15) is 38.8 Å². The summed E-state index contributed by atoms with van der Waals surface area (Å²) in [6, 6.07) is 17.2. The van der Waals surface area contributed by atoms with E-state index in [1.165, 1.54) is 22.3 Å². The van der Waals surface area contributed by atoms with Gasteiger partial charge in [-0.1, -0.05) is 87.4 Å². The lowest BCUT2D eigenvalue weighted by Gasteiger charge is -2.03. The van der Waals surface area contributed by atoms with E-state index in [-0.39, 0.29) is 0 Å². The average molecular weight is 242 g/mol. The van der Waals surface area contributed by atoms with Gasteiger partial charge < -0.3 is 0 Å². The summed E-state index contributed by atoms with van der Waals surface area (Å²) < 4.78 is 0. The maximum Gasteiger partial charge on any atom is -0.0181 e. The SMILES string of the molecule is CC.CC.Cc1cccc(-c2cccc(C)c2)c1. The number of hydrogen-bond acceptors (Lipinski definition) is 0. The first-order chi connectivity index (χ1) is 8.75. The predicted molar refractivity (Wildman–Crippen MR) is 84.0 cm³/mol. The van der Waals surface area contributed by atoms with E-state index in [9.17, 15) is 0 Å². The molecule has 0 heteroatoms. The lowest BCUT2D eigenvalue weighted by atomic mass is 10.0. The quantitative estimate of drug-likeness (QED) is 0.573. The molecule has 0 aliphatic rings. The Morgan fingerprint density at radius 2 is 0.889 bits per heavy atom. The summed E-state index contributed by atoms with van der Waals surface area (Å²) in [6.07, 6.45) is 0. The first-order valence-corrected chi connectivity index (χ1v) is 6.89. The molecule has 0 amide bonds. The Morgan fingerprint density at radius 3 is 1.17 bits per heavy atom. The van der Waals surface area contributed by atoms with Gasteiger partial charge in [-0.05, 0) is 25.0 Å². The van der Waals surface area contributed by atoms with Gasteiger partial charge in [0.15, 0.2) is 0 Å². The molecule has 0 radical (unpaired) electrons. The van der Waals surface area contributed by atoms with Crippen LogP contribution < -0.4 is 0 Å². The highest BCUT2D eigenvalue weighted by molar-refractivity contribution is 5.64. The van der Waals surface area contributed by atoms with E-state index >= 15 is 0 Å². The smallest absolute Gasteiger partial charge is 0.0181 e. The van der Waals surface area contributed by atoms with Gasteiger partial charge in [0, 0.05) is 0 Å². The van der Waals surface area contributed by atoms with E-state index in [0.717, 1.165) is 0 Å². The standard InChI is InChI=1S/C14H14.2C2H6/c1-11-5-3-7-13(9-11)14-8-4-6-12(2)10-14;2*1-2/h3-10H,1-2H3;2*1-2H3.